The van der Waals surface area contributed by atoms with Crippen LogP contribution >= 0.6 is 0 Å². The molecule has 0 radical (unpaired) electrons. The molecule has 0 aliphatic carbocycles. The van der Waals surface area contributed by atoms with Crippen molar-refractivity contribution in [3.05, 3.63) is 33.9 Å². The van der Waals surface area contributed by atoms with E-state index in [1.807, 2.05) is 0 Å². The number of anilines is 1. The molecular weight excluding hydrogens is 278 g/mol. The van der Waals surface area contributed by atoms with Crippen LogP contribution in [-0.2, 0) is 4.79 Å². The Hall–Kier alpha value is -2.64. The highest BCUT2D eigenvalue weighted by molar-refractivity contribution is 5.93. The first-order valence-corrected chi connectivity index (χ1v) is 6.46. The van der Waals surface area contributed by atoms with Gasteiger partial charge in [-0.25, -0.2) is 9.59 Å². The summed E-state index contributed by atoms with van der Waals surface area (Å²) in [5.41, 5.74) is 0.552. The van der Waals surface area contributed by atoms with Crippen molar-refractivity contribution >= 4 is 23.4 Å². The largest absolute Gasteiger partial charge is 0.480 e. The van der Waals surface area contributed by atoms with Crippen molar-refractivity contribution < 1.29 is 19.6 Å². The third-order valence-electron chi connectivity index (χ3n) is 3.54. The first-order chi connectivity index (χ1) is 9.91. The number of benzene rings is 1. The molecule has 1 aliphatic rings. The summed E-state index contributed by atoms with van der Waals surface area (Å²) in [5.74, 6) is -1.04. The van der Waals surface area contributed by atoms with Crippen LogP contribution in [0.25, 0.3) is 0 Å². The maximum atomic E-state index is 12.1. The number of carbonyl (C=O) groups excluding carboxylic acids is 1. The Kier molecular flexibility index (Phi) is 4.06. The van der Waals surface area contributed by atoms with Crippen molar-refractivity contribution in [1.29, 1.82) is 0 Å². The Bertz CT molecular complexity index is 601. The van der Waals surface area contributed by atoms with Gasteiger partial charge in [0.25, 0.3) is 5.69 Å². The van der Waals surface area contributed by atoms with Gasteiger partial charge in [0.05, 0.1) is 16.2 Å². The molecule has 2 rings (SSSR count). The molecule has 8 nitrogen and oxygen atoms in total. The Morgan fingerprint density at radius 2 is 2.19 bits per heavy atom. The number of nitro groups is 1. The quantitative estimate of drug-likeness (QED) is 0.653. The van der Waals surface area contributed by atoms with Crippen LogP contribution in [0.4, 0.5) is 16.2 Å². The Labute approximate surface area is 120 Å². The highest BCUT2D eigenvalue weighted by Crippen LogP contribution is 2.26. The average Bonchev–Trinajstić information content (AvgIpc) is 2.90. The van der Waals surface area contributed by atoms with E-state index in [2.05, 4.69) is 5.32 Å². The smallest absolute Gasteiger partial charge is 0.326 e. The molecule has 1 aliphatic heterocycles. The molecule has 21 heavy (non-hydrogen) atoms. The van der Waals surface area contributed by atoms with Crippen LogP contribution in [0, 0.1) is 17.0 Å². The summed E-state index contributed by atoms with van der Waals surface area (Å²) in [6, 6.07) is 2.97. The van der Waals surface area contributed by atoms with E-state index in [0.29, 0.717) is 30.6 Å². The summed E-state index contributed by atoms with van der Waals surface area (Å²) in [6.07, 6.45) is 1.04. The molecule has 0 spiro atoms. The summed E-state index contributed by atoms with van der Waals surface area (Å²) in [5, 5.41) is 22.5. The fourth-order valence-electron chi connectivity index (χ4n) is 2.41. The third-order valence-corrected chi connectivity index (χ3v) is 3.54. The van der Waals surface area contributed by atoms with E-state index >= 15 is 0 Å². The number of hydrogen-bond donors (Lipinski definition) is 2. The predicted molar refractivity (Wildman–Crippen MR) is 74.2 cm³/mol. The third kappa shape index (κ3) is 2.93. The number of nitrogens with one attached hydrogen (secondary N) is 1. The van der Waals surface area contributed by atoms with Crippen LogP contribution in [-0.4, -0.2) is 39.5 Å². The second kappa shape index (κ2) is 5.78. The zero-order valence-corrected chi connectivity index (χ0v) is 11.4. The van der Waals surface area contributed by atoms with Crippen molar-refractivity contribution in [2.75, 3.05) is 11.9 Å². The molecule has 1 aromatic rings. The molecule has 1 aromatic carbocycles. The number of amides is 2. The van der Waals surface area contributed by atoms with Gasteiger partial charge in [0, 0.05) is 12.6 Å². The van der Waals surface area contributed by atoms with Crippen LogP contribution in [0.1, 0.15) is 18.4 Å². The Morgan fingerprint density at radius 1 is 1.48 bits per heavy atom. The van der Waals surface area contributed by atoms with E-state index in [9.17, 15) is 19.7 Å². The van der Waals surface area contributed by atoms with E-state index < -0.39 is 23.0 Å². The standard InChI is InChI=1S/C13H15N3O5/c1-8-9(4-2-5-10(8)16(20)21)14-13(19)15-7-3-6-11(15)12(17)18/h2,4-5,11H,3,6-7H2,1H3,(H,14,19)(H,17,18). The highest BCUT2D eigenvalue weighted by atomic mass is 16.6. The lowest BCUT2D eigenvalue weighted by molar-refractivity contribution is -0.385. The van der Waals surface area contributed by atoms with Crippen molar-refractivity contribution in [1.82, 2.24) is 4.90 Å². The number of nitro benzene ring substituents is 1. The van der Waals surface area contributed by atoms with Crippen LogP contribution in [0.3, 0.4) is 0 Å². The number of aliphatic carboxylic acids is 1. The van der Waals surface area contributed by atoms with Crippen molar-refractivity contribution in [3.63, 3.8) is 0 Å². The number of rotatable bonds is 3. The van der Waals surface area contributed by atoms with E-state index in [4.69, 9.17) is 5.11 Å². The molecule has 2 amide bonds. The van der Waals surface area contributed by atoms with Gasteiger partial charge in [-0.2, -0.15) is 0 Å². The van der Waals surface area contributed by atoms with Crippen LogP contribution in [0.2, 0.25) is 0 Å². The molecule has 1 atom stereocenters. The Balaban J connectivity index is 2.18. The molecule has 0 bridgehead atoms. The number of nitrogens with zero attached hydrogens (tertiary/aromatic N) is 2. The lowest BCUT2D eigenvalue weighted by atomic mass is 10.1. The van der Waals surface area contributed by atoms with Crippen molar-refractivity contribution in [2.24, 2.45) is 0 Å². The first-order valence-electron chi connectivity index (χ1n) is 6.46. The highest BCUT2D eigenvalue weighted by Gasteiger charge is 2.34. The molecule has 0 saturated carbocycles. The summed E-state index contributed by atoms with van der Waals surface area (Å²) >= 11 is 0. The maximum absolute atomic E-state index is 12.1. The van der Waals surface area contributed by atoms with Crippen LogP contribution in [0.15, 0.2) is 18.2 Å². The maximum Gasteiger partial charge on any atom is 0.326 e. The molecular formula is C13H15N3O5. The number of likely N-dealkylation sites (tertiary alicyclic amines) is 1. The van der Waals surface area contributed by atoms with E-state index in [1.165, 1.54) is 24.0 Å². The Morgan fingerprint density at radius 3 is 2.81 bits per heavy atom. The van der Waals surface area contributed by atoms with Gasteiger partial charge in [0.1, 0.15) is 6.04 Å². The average molecular weight is 293 g/mol. The normalized spacial score (nSPS) is 17.6. The number of carboxylic acid groups (broad SMARTS) is 1. The number of carbonyl (C=O) groups is 2. The van der Waals surface area contributed by atoms with Gasteiger partial charge in [-0.1, -0.05) is 6.07 Å². The second-order valence-corrected chi connectivity index (χ2v) is 4.83. The second-order valence-electron chi connectivity index (χ2n) is 4.83. The zero-order chi connectivity index (χ0) is 15.6. The zero-order valence-electron chi connectivity index (χ0n) is 11.4. The van der Waals surface area contributed by atoms with Gasteiger partial charge < -0.3 is 15.3 Å². The molecule has 112 valence electrons. The molecule has 1 unspecified atom stereocenters. The van der Waals surface area contributed by atoms with Crippen molar-refractivity contribution in [3.8, 4) is 0 Å². The summed E-state index contributed by atoms with van der Waals surface area (Å²) in [7, 11) is 0. The predicted octanol–water partition coefficient (Wildman–Crippen LogP) is 1.98. The molecule has 1 fully saturated rings. The molecule has 1 saturated heterocycles. The lowest BCUT2D eigenvalue weighted by Gasteiger charge is -2.22. The minimum atomic E-state index is -1.04. The van der Waals surface area contributed by atoms with Gasteiger partial charge in [-0.15, -0.1) is 0 Å². The monoisotopic (exact) mass is 293 g/mol. The van der Waals surface area contributed by atoms with E-state index in [-0.39, 0.29) is 5.69 Å². The van der Waals surface area contributed by atoms with Gasteiger partial charge in [0.15, 0.2) is 0 Å². The van der Waals surface area contributed by atoms with Crippen molar-refractivity contribution in [2.45, 2.75) is 25.8 Å². The summed E-state index contributed by atoms with van der Waals surface area (Å²) < 4.78 is 0. The molecule has 0 aromatic heterocycles. The SMILES string of the molecule is Cc1c(NC(=O)N2CCCC2C(=O)O)cccc1[N+](=O)[O-]. The number of carboxylic acids is 1. The van der Waals surface area contributed by atoms with Crippen LogP contribution in [0.5, 0.6) is 0 Å². The van der Waals surface area contributed by atoms with Gasteiger partial charge in [-0.05, 0) is 25.8 Å². The summed E-state index contributed by atoms with van der Waals surface area (Å²) in [6.45, 7) is 1.89. The van der Waals surface area contributed by atoms with E-state index in [0.717, 1.165) is 0 Å². The first kappa shape index (κ1) is 14.8. The minimum Gasteiger partial charge on any atom is -0.480 e. The fourth-order valence-corrected chi connectivity index (χ4v) is 2.41. The lowest BCUT2D eigenvalue weighted by Crippen LogP contribution is -2.42. The number of hydrogen-bond acceptors (Lipinski definition) is 4. The molecule has 1 heterocycles. The van der Waals surface area contributed by atoms with Gasteiger partial charge >= 0.3 is 12.0 Å². The fraction of sp³-hybridized carbons (Fsp3) is 0.385. The van der Waals surface area contributed by atoms with Crippen LogP contribution < -0.4 is 5.32 Å². The minimum absolute atomic E-state index is 0.0935. The molecule has 8 heteroatoms. The van der Waals surface area contributed by atoms with Gasteiger partial charge in [-0.3, -0.25) is 10.1 Å². The van der Waals surface area contributed by atoms with E-state index in [1.54, 1.807) is 6.07 Å². The molecule has 2 N–H and O–H groups in total. The number of urea groups is 1. The van der Waals surface area contributed by atoms with Gasteiger partial charge in [0.2, 0.25) is 0 Å². The topological polar surface area (TPSA) is 113 Å². The summed E-state index contributed by atoms with van der Waals surface area (Å²) in [4.78, 5) is 34.8.